The van der Waals surface area contributed by atoms with E-state index in [2.05, 4.69) is 17.1 Å². The molecular weight excluding hydrogens is 314 g/mol. The zero-order valence-corrected chi connectivity index (χ0v) is 15.2. The SMILES string of the molecule is CCN(C)c1ccc(C(=O)N(C)Cc2ccc(C(=O)NC)cc2)cc1. The molecule has 0 unspecified atom stereocenters. The van der Waals surface area contributed by atoms with Crippen LogP contribution in [0.4, 0.5) is 5.69 Å². The fourth-order valence-corrected chi connectivity index (χ4v) is 2.51. The molecule has 0 heterocycles. The largest absolute Gasteiger partial charge is 0.375 e. The van der Waals surface area contributed by atoms with Crippen molar-refractivity contribution in [2.24, 2.45) is 0 Å². The van der Waals surface area contributed by atoms with Crippen molar-refractivity contribution in [3.8, 4) is 0 Å². The van der Waals surface area contributed by atoms with E-state index in [1.165, 1.54) is 0 Å². The lowest BCUT2D eigenvalue weighted by atomic mass is 10.1. The van der Waals surface area contributed by atoms with Gasteiger partial charge in [0.05, 0.1) is 0 Å². The molecule has 2 amide bonds. The molecule has 132 valence electrons. The summed E-state index contributed by atoms with van der Waals surface area (Å²) < 4.78 is 0. The Morgan fingerprint density at radius 2 is 1.48 bits per heavy atom. The predicted molar refractivity (Wildman–Crippen MR) is 101 cm³/mol. The van der Waals surface area contributed by atoms with Crippen LogP contribution in [0.1, 0.15) is 33.2 Å². The van der Waals surface area contributed by atoms with Gasteiger partial charge in [0.25, 0.3) is 11.8 Å². The number of nitrogens with zero attached hydrogens (tertiary/aromatic N) is 2. The van der Waals surface area contributed by atoms with E-state index in [9.17, 15) is 9.59 Å². The molecule has 0 atom stereocenters. The number of nitrogens with one attached hydrogen (secondary N) is 1. The van der Waals surface area contributed by atoms with Crippen molar-refractivity contribution in [1.29, 1.82) is 0 Å². The summed E-state index contributed by atoms with van der Waals surface area (Å²) in [6, 6.07) is 14.9. The molecule has 0 aliphatic carbocycles. The van der Waals surface area contributed by atoms with Gasteiger partial charge in [-0.05, 0) is 48.9 Å². The van der Waals surface area contributed by atoms with E-state index in [1.807, 2.05) is 43.4 Å². The molecule has 0 saturated heterocycles. The monoisotopic (exact) mass is 339 g/mol. The van der Waals surface area contributed by atoms with Crippen molar-refractivity contribution in [3.05, 3.63) is 65.2 Å². The summed E-state index contributed by atoms with van der Waals surface area (Å²) in [5, 5.41) is 2.59. The van der Waals surface area contributed by atoms with Gasteiger partial charge in [0.15, 0.2) is 0 Å². The normalized spacial score (nSPS) is 10.2. The maximum Gasteiger partial charge on any atom is 0.253 e. The number of amides is 2. The van der Waals surface area contributed by atoms with Crippen LogP contribution in [0.3, 0.4) is 0 Å². The zero-order valence-electron chi connectivity index (χ0n) is 15.2. The molecule has 0 saturated carbocycles. The van der Waals surface area contributed by atoms with Crippen LogP contribution < -0.4 is 10.2 Å². The second-order valence-electron chi connectivity index (χ2n) is 6.00. The summed E-state index contributed by atoms with van der Waals surface area (Å²) in [4.78, 5) is 27.9. The quantitative estimate of drug-likeness (QED) is 0.880. The van der Waals surface area contributed by atoms with Crippen molar-refractivity contribution in [2.45, 2.75) is 13.5 Å². The molecule has 2 rings (SSSR count). The van der Waals surface area contributed by atoms with Crippen LogP contribution in [0.25, 0.3) is 0 Å². The third kappa shape index (κ3) is 4.59. The smallest absolute Gasteiger partial charge is 0.253 e. The minimum absolute atomic E-state index is 0.0268. The number of hydrogen-bond acceptors (Lipinski definition) is 3. The summed E-state index contributed by atoms with van der Waals surface area (Å²) in [7, 11) is 5.40. The average molecular weight is 339 g/mol. The molecule has 0 aromatic heterocycles. The van der Waals surface area contributed by atoms with E-state index >= 15 is 0 Å². The van der Waals surface area contributed by atoms with Crippen molar-refractivity contribution in [1.82, 2.24) is 10.2 Å². The lowest BCUT2D eigenvalue weighted by Crippen LogP contribution is -2.26. The Hall–Kier alpha value is -2.82. The third-order valence-electron chi connectivity index (χ3n) is 4.24. The molecule has 0 aliphatic rings. The van der Waals surface area contributed by atoms with Gasteiger partial charge in [-0.15, -0.1) is 0 Å². The minimum atomic E-state index is -0.117. The van der Waals surface area contributed by atoms with E-state index in [-0.39, 0.29) is 11.8 Å². The van der Waals surface area contributed by atoms with Gasteiger partial charge in [0.1, 0.15) is 0 Å². The summed E-state index contributed by atoms with van der Waals surface area (Å²) >= 11 is 0. The topological polar surface area (TPSA) is 52.7 Å². The fourth-order valence-electron chi connectivity index (χ4n) is 2.51. The molecule has 0 spiro atoms. The Bertz CT molecular complexity index is 724. The molecule has 5 nitrogen and oxygen atoms in total. The summed E-state index contributed by atoms with van der Waals surface area (Å²) in [5.41, 5.74) is 3.34. The standard InChI is InChI=1S/C20H25N3O2/c1-5-22(3)18-12-10-17(11-13-18)20(25)23(4)14-15-6-8-16(9-7-15)19(24)21-2/h6-13H,5,14H2,1-4H3,(H,21,24). The van der Waals surface area contributed by atoms with Gasteiger partial charge in [-0.1, -0.05) is 12.1 Å². The first-order valence-electron chi connectivity index (χ1n) is 8.34. The van der Waals surface area contributed by atoms with E-state index in [4.69, 9.17) is 0 Å². The van der Waals surface area contributed by atoms with Crippen LogP contribution in [0.15, 0.2) is 48.5 Å². The van der Waals surface area contributed by atoms with Gasteiger partial charge in [-0.2, -0.15) is 0 Å². The number of rotatable bonds is 6. The van der Waals surface area contributed by atoms with Gasteiger partial charge in [0.2, 0.25) is 0 Å². The van der Waals surface area contributed by atoms with Crippen molar-refractivity contribution >= 4 is 17.5 Å². The van der Waals surface area contributed by atoms with Crippen LogP contribution in [0, 0.1) is 0 Å². The predicted octanol–water partition coefficient (Wildman–Crippen LogP) is 2.77. The van der Waals surface area contributed by atoms with Gasteiger partial charge >= 0.3 is 0 Å². The second-order valence-corrected chi connectivity index (χ2v) is 6.00. The summed E-state index contributed by atoms with van der Waals surface area (Å²) in [6.07, 6.45) is 0. The maximum atomic E-state index is 12.6. The highest BCUT2D eigenvalue weighted by molar-refractivity contribution is 5.95. The van der Waals surface area contributed by atoms with Crippen LogP contribution in [-0.4, -0.2) is 44.4 Å². The number of anilines is 1. The van der Waals surface area contributed by atoms with E-state index in [0.29, 0.717) is 17.7 Å². The average Bonchev–Trinajstić information content (AvgIpc) is 2.66. The Balaban J connectivity index is 2.03. The van der Waals surface area contributed by atoms with Crippen LogP contribution in [-0.2, 0) is 6.54 Å². The minimum Gasteiger partial charge on any atom is -0.375 e. The molecule has 0 aliphatic heterocycles. The van der Waals surface area contributed by atoms with Gasteiger partial charge in [0, 0.05) is 51.0 Å². The highest BCUT2D eigenvalue weighted by atomic mass is 16.2. The van der Waals surface area contributed by atoms with E-state index < -0.39 is 0 Å². The van der Waals surface area contributed by atoms with E-state index in [1.54, 1.807) is 31.1 Å². The number of benzene rings is 2. The van der Waals surface area contributed by atoms with Crippen LogP contribution >= 0.6 is 0 Å². The molecule has 0 fully saturated rings. The maximum absolute atomic E-state index is 12.6. The van der Waals surface area contributed by atoms with Crippen LogP contribution in [0.5, 0.6) is 0 Å². The highest BCUT2D eigenvalue weighted by Crippen LogP contribution is 2.15. The Kier molecular flexibility index (Phi) is 6.17. The van der Waals surface area contributed by atoms with Crippen molar-refractivity contribution < 1.29 is 9.59 Å². The highest BCUT2D eigenvalue weighted by Gasteiger charge is 2.13. The molecule has 5 heteroatoms. The first-order valence-corrected chi connectivity index (χ1v) is 8.34. The second kappa shape index (κ2) is 8.33. The Morgan fingerprint density at radius 3 is 2.00 bits per heavy atom. The molecular formula is C20H25N3O2. The molecule has 25 heavy (non-hydrogen) atoms. The van der Waals surface area contributed by atoms with Gasteiger partial charge in [-0.3, -0.25) is 9.59 Å². The zero-order chi connectivity index (χ0) is 18.4. The summed E-state index contributed by atoms with van der Waals surface area (Å²) in [5.74, 6) is -0.144. The molecule has 0 radical (unpaired) electrons. The van der Waals surface area contributed by atoms with Gasteiger partial charge < -0.3 is 15.1 Å². The molecule has 2 aromatic rings. The lowest BCUT2D eigenvalue weighted by molar-refractivity contribution is 0.0784. The first-order chi connectivity index (χ1) is 12.0. The van der Waals surface area contributed by atoms with Gasteiger partial charge in [-0.25, -0.2) is 0 Å². The molecule has 2 aromatic carbocycles. The molecule has 0 bridgehead atoms. The Morgan fingerprint density at radius 1 is 0.920 bits per heavy atom. The number of carbonyl (C=O) groups excluding carboxylic acids is 2. The van der Waals surface area contributed by atoms with Crippen molar-refractivity contribution in [3.63, 3.8) is 0 Å². The lowest BCUT2D eigenvalue weighted by Gasteiger charge is -2.19. The van der Waals surface area contributed by atoms with Crippen LogP contribution in [0.2, 0.25) is 0 Å². The van der Waals surface area contributed by atoms with Crippen molar-refractivity contribution in [2.75, 3.05) is 32.6 Å². The third-order valence-corrected chi connectivity index (χ3v) is 4.24. The first kappa shape index (κ1) is 18.5. The Labute approximate surface area is 149 Å². The number of carbonyl (C=O) groups is 2. The molecule has 1 N–H and O–H groups in total. The number of hydrogen-bond donors (Lipinski definition) is 1. The summed E-state index contributed by atoms with van der Waals surface area (Å²) in [6.45, 7) is 3.49. The van der Waals surface area contributed by atoms with E-state index in [0.717, 1.165) is 17.8 Å². The fraction of sp³-hybridized carbons (Fsp3) is 0.300.